The first-order chi connectivity index (χ1) is 14.4. The van der Waals surface area contributed by atoms with Crippen molar-refractivity contribution in [1.82, 2.24) is 14.5 Å². The van der Waals surface area contributed by atoms with Gasteiger partial charge in [-0.2, -0.15) is 0 Å². The zero-order valence-electron chi connectivity index (χ0n) is 16.9. The van der Waals surface area contributed by atoms with Gasteiger partial charge in [0.05, 0.1) is 5.39 Å². The van der Waals surface area contributed by atoms with Crippen molar-refractivity contribution < 1.29 is 13.6 Å². The Morgan fingerprint density at radius 2 is 1.73 bits per heavy atom. The summed E-state index contributed by atoms with van der Waals surface area (Å²) in [6.45, 7) is 5.28. The zero-order valence-corrected chi connectivity index (χ0v) is 16.9. The second kappa shape index (κ2) is 7.85. The van der Waals surface area contributed by atoms with Crippen molar-refractivity contribution in [3.8, 4) is 5.69 Å². The number of piperazine rings is 1. The van der Waals surface area contributed by atoms with E-state index in [-0.39, 0.29) is 28.4 Å². The predicted octanol–water partition coefficient (Wildman–Crippen LogP) is 2.89. The third-order valence-corrected chi connectivity index (χ3v) is 5.47. The van der Waals surface area contributed by atoms with Gasteiger partial charge in [0.1, 0.15) is 5.82 Å². The fraction of sp³-hybridized carbons (Fsp3) is 0.318. The number of benzene rings is 1. The van der Waals surface area contributed by atoms with Crippen LogP contribution in [0.3, 0.4) is 0 Å². The number of halogens is 2. The van der Waals surface area contributed by atoms with Gasteiger partial charge >= 0.3 is 0 Å². The first-order valence-corrected chi connectivity index (χ1v) is 9.90. The Morgan fingerprint density at radius 1 is 1.07 bits per heavy atom. The third-order valence-electron chi connectivity index (χ3n) is 5.47. The lowest BCUT2D eigenvalue weighted by atomic mass is 10.1. The molecular weight excluding hydrogens is 390 g/mol. The molecule has 8 heteroatoms. The molecule has 1 saturated heterocycles. The molecule has 0 unspecified atom stereocenters. The number of pyridine rings is 2. The van der Waals surface area contributed by atoms with Crippen molar-refractivity contribution in [2.45, 2.75) is 20.3 Å². The molecule has 0 aliphatic carbocycles. The van der Waals surface area contributed by atoms with Crippen molar-refractivity contribution in [3.05, 3.63) is 63.9 Å². The molecule has 6 nitrogen and oxygen atoms in total. The summed E-state index contributed by atoms with van der Waals surface area (Å²) in [6.07, 6.45) is 0.550. The van der Waals surface area contributed by atoms with Gasteiger partial charge in [-0.1, -0.05) is 6.92 Å². The molecule has 30 heavy (non-hydrogen) atoms. The highest BCUT2D eigenvalue weighted by Crippen LogP contribution is 2.25. The summed E-state index contributed by atoms with van der Waals surface area (Å²) in [7, 11) is 0. The summed E-state index contributed by atoms with van der Waals surface area (Å²) in [4.78, 5) is 32.2. The van der Waals surface area contributed by atoms with Gasteiger partial charge in [-0.05, 0) is 36.8 Å². The molecule has 0 N–H and O–H groups in total. The van der Waals surface area contributed by atoms with E-state index >= 15 is 0 Å². The summed E-state index contributed by atoms with van der Waals surface area (Å²) in [5.41, 5.74) is 1.37. The number of hydrogen-bond acceptors (Lipinski definition) is 4. The lowest BCUT2D eigenvalue weighted by molar-refractivity contribution is -0.129. The van der Waals surface area contributed by atoms with Gasteiger partial charge in [0.15, 0.2) is 22.7 Å². The number of hydrogen-bond donors (Lipinski definition) is 0. The Kier molecular flexibility index (Phi) is 5.24. The molecule has 1 aliphatic heterocycles. The summed E-state index contributed by atoms with van der Waals surface area (Å²) in [5, 5.41) is 0.167. The van der Waals surface area contributed by atoms with Crippen LogP contribution in [0.5, 0.6) is 0 Å². The van der Waals surface area contributed by atoms with Gasteiger partial charge in [0, 0.05) is 50.6 Å². The Balaban J connectivity index is 1.88. The van der Waals surface area contributed by atoms with E-state index in [0.29, 0.717) is 49.6 Å². The average molecular weight is 412 g/mol. The smallest absolute Gasteiger partial charge is 0.219 e. The molecule has 1 aromatic carbocycles. The molecule has 1 aliphatic rings. The molecule has 1 fully saturated rings. The molecule has 3 heterocycles. The largest absolute Gasteiger partial charge is 0.351 e. The van der Waals surface area contributed by atoms with Crippen molar-refractivity contribution in [1.29, 1.82) is 0 Å². The van der Waals surface area contributed by atoms with E-state index in [0.717, 1.165) is 0 Å². The van der Waals surface area contributed by atoms with Gasteiger partial charge in [-0.15, -0.1) is 0 Å². The van der Waals surface area contributed by atoms with Crippen LogP contribution in [0.4, 0.5) is 14.6 Å². The molecule has 0 bridgehead atoms. The molecule has 3 aromatic rings. The molecular formula is C22H22F2N4O2. The van der Waals surface area contributed by atoms with Crippen LogP contribution in [-0.4, -0.2) is 46.5 Å². The SMILES string of the molecule is CCc1cc(=O)c2cc(F)c(N3CCN(C(C)=O)CC3)nc2n1-c1ccc(F)cc1. The number of anilines is 1. The number of nitrogens with zero attached hydrogens (tertiary/aromatic N) is 4. The maximum Gasteiger partial charge on any atom is 0.219 e. The lowest BCUT2D eigenvalue weighted by Crippen LogP contribution is -2.48. The van der Waals surface area contributed by atoms with Crippen LogP contribution in [-0.2, 0) is 11.2 Å². The summed E-state index contributed by atoms with van der Waals surface area (Å²) in [5.74, 6) is -0.815. The van der Waals surface area contributed by atoms with E-state index in [1.807, 2.05) is 6.92 Å². The van der Waals surface area contributed by atoms with Gasteiger partial charge in [-0.3, -0.25) is 14.2 Å². The van der Waals surface area contributed by atoms with Gasteiger partial charge in [-0.25, -0.2) is 13.8 Å². The standard InChI is InChI=1S/C22H22F2N4O2/c1-3-16-12-20(30)18-13-19(24)22(27-10-8-26(9-11-27)14(2)29)25-21(18)28(16)17-6-4-15(23)5-7-17/h4-7,12-13H,3,8-11H2,1-2H3. The highest BCUT2D eigenvalue weighted by atomic mass is 19.1. The van der Waals surface area contributed by atoms with Crippen molar-refractivity contribution in [2.75, 3.05) is 31.1 Å². The monoisotopic (exact) mass is 412 g/mol. The summed E-state index contributed by atoms with van der Waals surface area (Å²) < 4.78 is 30.1. The van der Waals surface area contributed by atoms with Crippen molar-refractivity contribution in [3.63, 3.8) is 0 Å². The van der Waals surface area contributed by atoms with Crippen LogP contribution in [0.2, 0.25) is 0 Å². The molecule has 0 spiro atoms. The predicted molar refractivity (Wildman–Crippen MR) is 111 cm³/mol. The molecule has 4 rings (SSSR count). The molecule has 156 valence electrons. The van der Waals surface area contributed by atoms with Crippen LogP contribution in [0.1, 0.15) is 19.5 Å². The number of aryl methyl sites for hydroxylation is 1. The van der Waals surface area contributed by atoms with Gasteiger partial charge in [0.25, 0.3) is 0 Å². The normalized spacial score (nSPS) is 14.4. The highest BCUT2D eigenvalue weighted by molar-refractivity contribution is 5.80. The second-order valence-electron chi connectivity index (χ2n) is 7.32. The van der Waals surface area contributed by atoms with E-state index in [2.05, 4.69) is 4.98 Å². The van der Waals surface area contributed by atoms with Crippen molar-refractivity contribution in [2.24, 2.45) is 0 Å². The van der Waals surface area contributed by atoms with Crippen LogP contribution in [0.25, 0.3) is 16.7 Å². The number of rotatable bonds is 3. The maximum absolute atomic E-state index is 14.9. The van der Waals surface area contributed by atoms with Crippen LogP contribution in [0.15, 0.2) is 41.2 Å². The summed E-state index contributed by atoms with van der Waals surface area (Å²) >= 11 is 0. The molecule has 0 radical (unpaired) electrons. The maximum atomic E-state index is 14.9. The first kappa shape index (κ1) is 20.0. The van der Waals surface area contributed by atoms with E-state index in [4.69, 9.17) is 0 Å². The lowest BCUT2D eigenvalue weighted by Gasteiger charge is -2.35. The van der Waals surface area contributed by atoms with Crippen LogP contribution < -0.4 is 10.3 Å². The Hall–Kier alpha value is -3.29. The minimum atomic E-state index is -0.578. The number of carbonyl (C=O) groups is 1. The van der Waals surface area contributed by atoms with E-state index in [1.54, 1.807) is 26.5 Å². The first-order valence-electron chi connectivity index (χ1n) is 9.90. The van der Waals surface area contributed by atoms with Crippen LogP contribution in [0, 0.1) is 11.6 Å². The quantitative estimate of drug-likeness (QED) is 0.664. The molecule has 1 amide bonds. The minimum absolute atomic E-state index is 0.0145. The number of amides is 1. The summed E-state index contributed by atoms with van der Waals surface area (Å²) in [6, 6.07) is 8.58. The fourth-order valence-corrected chi connectivity index (χ4v) is 3.84. The molecule has 2 aromatic heterocycles. The minimum Gasteiger partial charge on any atom is -0.351 e. The second-order valence-corrected chi connectivity index (χ2v) is 7.32. The zero-order chi connectivity index (χ0) is 21.4. The molecule has 0 saturated carbocycles. The number of aromatic nitrogens is 2. The Labute approximate surface area is 172 Å². The number of carbonyl (C=O) groups excluding carboxylic acids is 1. The fourth-order valence-electron chi connectivity index (χ4n) is 3.84. The van der Waals surface area contributed by atoms with E-state index in [1.165, 1.54) is 31.2 Å². The van der Waals surface area contributed by atoms with Crippen molar-refractivity contribution >= 4 is 22.8 Å². The highest BCUT2D eigenvalue weighted by Gasteiger charge is 2.24. The van der Waals surface area contributed by atoms with Crippen LogP contribution >= 0.6 is 0 Å². The van der Waals surface area contributed by atoms with E-state index < -0.39 is 5.82 Å². The molecule has 0 atom stereocenters. The number of fused-ring (bicyclic) bond motifs is 1. The van der Waals surface area contributed by atoms with Gasteiger partial charge < -0.3 is 9.80 Å². The van der Waals surface area contributed by atoms with E-state index in [9.17, 15) is 18.4 Å². The Morgan fingerprint density at radius 3 is 2.33 bits per heavy atom. The Bertz CT molecular complexity index is 1170. The average Bonchev–Trinajstić information content (AvgIpc) is 2.74. The topological polar surface area (TPSA) is 58.4 Å². The third kappa shape index (κ3) is 3.53. The van der Waals surface area contributed by atoms with Gasteiger partial charge in [0.2, 0.25) is 5.91 Å².